The first kappa shape index (κ1) is 14.2. The van der Waals surface area contributed by atoms with Crippen LogP contribution in [0.15, 0.2) is 29.4 Å². The van der Waals surface area contributed by atoms with Crippen LogP contribution < -0.4 is 0 Å². The van der Waals surface area contributed by atoms with E-state index in [9.17, 15) is 4.91 Å². The van der Waals surface area contributed by atoms with Crippen LogP contribution in [0.1, 0.15) is 25.8 Å². The van der Waals surface area contributed by atoms with Gasteiger partial charge >= 0.3 is 0 Å². The van der Waals surface area contributed by atoms with Crippen LogP contribution in [0.5, 0.6) is 0 Å². The van der Waals surface area contributed by atoms with Crippen LogP contribution in [-0.4, -0.2) is 37.7 Å². The largest absolute Gasteiger partial charge is 0.379 e. The summed E-state index contributed by atoms with van der Waals surface area (Å²) in [4.78, 5) is 12.9. The van der Waals surface area contributed by atoms with E-state index in [0.717, 1.165) is 39.3 Å². The zero-order valence-corrected chi connectivity index (χ0v) is 11.8. The summed E-state index contributed by atoms with van der Waals surface area (Å²) in [5.41, 5.74) is 1.86. The van der Waals surface area contributed by atoms with Gasteiger partial charge in [0.1, 0.15) is 5.69 Å². The fraction of sp³-hybridized carbons (Fsp3) is 0.600. The predicted molar refractivity (Wildman–Crippen MR) is 76.8 cm³/mol. The Hall–Kier alpha value is -1.26. The van der Waals surface area contributed by atoms with Gasteiger partial charge in [0.15, 0.2) is 0 Å². The van der Waals surface area contributed by atoms with Gasteiger partial charge in [0.05, 0.1) is 13.2 Å². The third-order valence-corrected chi connectivity index (χ3v) is 3.91. The van der Waals surface area contributed by atoms with E-state index >= 15 is 0 Å². The van der Waals surface area contributed by atoms with Crippen LogP contribution in [0.25, 0.3) is 0 Å². The van der Waals surface area contributed by atoms with Crippen molar-refractivity contribution in [1.29, 1.82) is 0 Å². The molecule has 0 aromatic heterocycles. The third kappa shape index (κ3) is 3.85. The summed E-state index contributed by atoms with van der Waals surface area (Å²) in [6, 6.07) is 7.60. The molecule has 1 heterocycles. The summed E-state index contributed by atoms with van der Waals surface area (Å²) in [6.45, 7) is 9.34. The summed E-state index contributed by atoms with van der Waals surface area (Å²) >= 11 is 0. The number of nitrogens with zero attached hydrogens (tertiary/aromatic N) is 2. The number of rotatable bonds is 5. The zero-order valence-electron chi connectivity index (χ0n) is 11.8. The summed E-state index contributed by atoms with van der Waals surface area (Å²) in [6.07, 6.45) is 1.10. The van der Waals surface area contributed by atoms with E-state index in [1.54, 1.807) is 12.1 Å². The van der Waals surface area contributed by atoms with Crippen LogP contribution >= 0.6 is 0 Å². The second-order valence-corrected chi connectivity index (χ2v) is 5.73. The van der Waals surface area contributed by atoms with Gasteiger partial charge in [0.25, 0.3) is 0 Å². The molecule has 4 nitrogen and oxygen atoms in total. The van der Waals surface area contributed by atoms with Crippen LogP contribution in [-0.2, 0) is 10.2 Å². The van der Waals surface area contributed by atoms with Crippen molar-refractivity contribution < 1.29 is 4.74 Å². The summed E-state index contributed by atoms with van der Waals surface area (Å²) in [5.74, 6) is 0. The third-order valence-electron chi connectivity index (χ3n) is 3.91. The average molecular weight is 262 g/mol. The molecule has 1 aliphatic heterocycles. The minimum atomic E-state index is 0.111. The fourth-order valence-electron chi connectivity index (χ4n) is 2.38. The normalized spacial score (nSPS) is 17.4. The summed E-state index contributed by atoms with van der Waals surface area (Å²) < 4.78 is 5.36. The highest BCUT2D eigenvalue weighted by molar-refractivity contribution is 5.40. The van der Waals surface area contributed by atoms with Gasteiger partial charge in [-0.2, -0.15) is 0 Å². The molecule has 0 radical (unpaired) electrons. The number of morpholine rings is 1. The van der Waals surface area contributed by atoms with Crippen LogP contribution in [0.3, 0.4) is 0 Å². The molecule has 0 aliphatic carbocycles. The van der Waals surface area contributed by atoms with E-state index in [-0.39, 0.29) is 5.41 Å². The molecule has 1 saturated heterocycles. The summed E-state index contributed by atoms with van der Waals surface area (Å²) in [7, 11) is 0. The zero-order chi connectivity index (χ0) is 13.7. The number of nitroso groups, excluding NO2 is 1. The summed E-state index contributed by atoms with van der Waals surface area (Å²) in [5, 5.41) is 2.94. The van der Waals surface area contributed by atoms with E-state index in [0.29, 0.717) is 5.69 Å². The molecule has 0 amide bonds. The van der Waals surface area contributed by atoms with Gasteiger partial charge in [-0.1, -0.05) is 26.0 Å². The van der Waals surface area contributed by atoms with Crippen LogP contribution in [0.4, 0.5) is 5.69 Å². The highest BCUT2D eigenvalue weighted by Crippen LogP contribution is 2.28. The highest BCUT2D eigenvalue weighted by Gasteiger charge is 2.22. The second kappa shape index (κ2) is 6.26. The maximum atomic E-state index is 10.4. The van der Waals surface area contributed by atoms with E-state index in [2.05, 4.69) is 23.9 Å². The van der Waals surface area contributed by atoms with Crippen LogP contribution in [0.2, 0.25) is 0 Å². The van der Waals surface area contributed by atoms with Crippen molar-refractivity contribution in [3.05, 3.63) is 34.7 Å². The molecule has 19 heavy (non-hydrogen) atoms. The Balaban J connectivity index is 1.93. The van der Waals surface area contributed by atoms with Gasteiger partial charge in [-0.25, -0.2) is 0 Å². The van der Waals surface area contributed by atoms with Crippen LogP contribution in [0, 0.1) is 4.91 Å². The maximum absolute atomic E-state index is 10.4. The Morgan fingerprint density at radius 3 is 2.42 bits per heavy atom. The number of hydrogen-bond acceptors (Lipinski definition) is 4. The van der Waals surface area contributed by atoms with Gasteiger partial charge < -0.3 is 4.74 Å². The van der Waals surface area contributed by atoms with Gasteiger partial charge in [-0.3, -0.25) is 4.90 Å². The second-order valence-electron chi connectivity index (χ2n) is 5.73. The topological polar surface area (TPSA) is 41.9 Å². The Morgan fingerprint density at radius 1 is 1.21 bits per heavy atom. The van der Waals surface area contributed by atoms with Gasteiger partial charge in [-0.05, 0) is 41.3 Å². The van der Waals surface area contributed by atoms with Crippen molar-refractivity contribution in [2.24, 2.45) is 5.18 Å². The standard InChI is InChI=1S/C15H22N2O2/c1-15(2,7-8-17-9-11-19-12-10-17)13-3-5-14(16-18)6-4-13/h3-6H,7-12H2,1-2H3. The smallest absolute Gasteiger partial charge is 0.108 e. The molecule has 0 spiro atoms. The average Bonchev–Trinajstić information content (AvgIpc) is 2.46. The lowest BCUT2D eigenvalue weighted by Gasteiger charge is -2.31. The predicted octanol–water partition coefficient (Wildman–Crippen LogP) is 3.08. The van der Waals surface area contributed by atoms with Gasteiger partial charge in [-0.15, -0.1) is 4.91 Å². The molecule has 1 aromatic carbocycles. The molecule has 1 aromatic rings. The fourth-order valence-corrected chi connectivity index (χ4v) is 2.38. The first-order valence-electron chi connectivity index (χ1n) is 6.86. The molecule has 1 fully saturated rings. The number of ether oxygens (including phenoxy) is 1. The van der Waals surface area contributed by atoms with Gasteiger partial charge in [0.2, 0.25) is 0 Å². The minimum absolute atomic E-state index is 0.111. The molecule has 0 bridgehead atoms. The van der Waals surface area contributed by atoms with E-state index in [4.69, 9.17) is 4.74 Å². The van der Waals surface area contributed by atoms with E-state index < -0.39 is 0 Å². The molecule has 104 valence electrons. The van der Waals surface area contributed by atoms with Crippen molar-refractivity contribution in [2.75, 3.05) is 32.8 Å². The van der Waals surface area contributed by atoms with E-state index in [1.165, 1.54) is 5.56 Å². The lowest BCUT2D eigenvalue weighted by Crippen LogP contribution is -2.38. The number of benzene rings is 1. The highest BCUT2D eigenvalue weighted by atomic mass is 16.5. The molecular formula is C15H22N2O2. The molecule has 4 heteroatoms. The SMILES string of the molecule is CC(C)(CCN1CCOCC1)c1ccc(N=O)cc1. The van der Waals surface area contributed by atoms with Crippen molar-refractivity contribution in [1.82, 2.24) is 4.90 Å². The Kier molecular flexibility index (Phi) is 4.66. The minimum Gasteiger partial charge on any atom is -0.379 e. The molecule has 2 rings (SSSR count). The van der Waals surface area contributed by atoms with Crippen molar-refractivity contribution >= 4 is 5.69 Å². The number of hydrogen-bond donors (Lipinski definition) is 0. The van der Waals surface area contributed by atoms with Crippen molar-refractivity contribution in [2.45, 2.75) is 25.7 Å². The first-order valence-corrected chi connectivity index (χ1v) is 6.86. The first-order chi connectivity index (χ1) is 9.12. The lowest BCUT2D eigenvalue weighted by molar-refractivity contribution is 0.0350. The quantitative estimate of drug-likeness (QED) is 0.766. The monoisotopic (exact) mass is 262 g/mol. The molecular weight excluding hydrogens is 240 g/mol. The Bertz CT molecular complexity index is 409. The Labute approximate surface area is 114 Å². The maximum Gasteiger partial charge on any atom is 0.108 e. The van der Waals surface area contributed by atoms with Crippen molar-refractivity contribution in [3.8, 4) is 0 Å². The Morgan fingerprint density at radius 2 is 1.84 bits per heavy atom. The lowest BCUT2D eigenvalue weighted by atomic mass is 9.81. The van der Waals surface area contributed by atoms with Gasteiger partial charge in [0, 0.05) is 13.1 Å². The molecule has 0 N–H and O–H groups in total. The molecule has 0 atom stereocenters. The molecule has 0 unspecified atom stereocenters. The van der Waals surface area contributed by atoms with Crippen molar-refractivity contribution in [3.63, 3.8) is 0 Å². The molecule has 1 aliphatic rings. The van der Waals surface area contributed by atoms with E-state index in [1.807, 2.05) is 12.1 Å². The molecule has 0 saturated carbocycles.